The van der Waals surface area contributed by atoms with Gasteiger partial charge in [0.25, 0.3) is 0 Å². The highest BCUT2D eigenvalue weighted by atomic mass is 16.3. The van der Waals surface area contributed by atoms with E-state index in [0.29, 0.717) is 0 Å². The summed E-state index contributed by atoms with van der Waals surface area (Å²) in [7, 11) is 0. The molecule has 0 bridgehead atoms. The van der Waals surface area contributed by atoms with E-state index in [1.807, 2.05) is 12.1 Å². The van der Waals surface area contributed by atoms with Crippen LogP contribution in [0.4, 0.5) is 0 Å². The zero-order valence-electron chi connectivity index (χ0n) is 12.7. The molecule has 1 saturated carbocycles. The van der Waals surface area contributed by atoms with Gasteiger partial charge in [0.2, 0.25) is 0 Å². The summed E-state index contributed by atoms with van der Waals surface area (Å²) >= 11 is 0. The minimum atomic E-state index is -0.750. The standard InChI is InChI=1S/C17H26N2O2/c20-16(6-2-1-3-7-16)14-19-11-8-17(21,9-12-19)15-5-4-10-18-13-15/h4-5,10,13,20-21H,1-3,6-9,11-12,14H2. The van der Waals surface area contributed by atoms with Crippen molar-refractivity contribution in [3.8, 4) is 0 Å². The number of hydrogen-bond donors (Lipinski definition) is 2. The molecule has 2 N–H and O–H groups in total. The van der Waals surface area contributed by atoms with E-state index in [2.05, 4.69) is 9.88 Å². The molecular weight excluding hydrogens is 264 g/mol. The second kappa shape index (κ2) is 6.03. The van der Waals surface area contributed by atoms with Crippen LogP contribution in [0, 0.1) is 0 Å². The SMILES string of the molecule is OC1(CN2CCC(O)(c3cccnc3)CC2)CCCCC1. The van der Waals surface area contributed by atoms with Crippen LogP contribution in [0.15, 0.2) is 24.5 Å². The Morgan fingerprint density at radius 2 is 1.76 bits per heavy atom. The number of pyridine rings is 1. The zero-order valence-corrected chi connectivity index (χ0v) is 12.7. The molecule has 0 unspecified atom stereocenters. The Hall–Kier alpha value is -0.970. The summed E-state index contributed by atoms with van der Waals surface area (Å²) in [4.78, 5) is 6.43. The lowest BCUT2D eigenvalue weighted by atomic mass is 9.82. The van der Waals surface area contributed by atoms with Crippen molar-refractivity contribution in [2.45, 2.75) is 56.1 Å². The molecule has 0 spiro atoms. The van der Waals surface area contributed by atoms with Gasteiger partial charge in [-0.15, -0.1) is 0 Å². The molecule has 1 aliphatic carbocycles. The Labute approximate surface area is 126 Å². The second-order valence-corrected chi connectivity index (χ2v) is 6.83. The van der Waals surface area contributed by atoms with Crippen molar-refractivity contribution in [2.75, 3.05) is 19.6 Å². The average Bonchev–Trinajstić information content (AvgIpc) is 2.51. The number of β-amino-alcohol motifs (C(OH)–C–C–N with tert-alkyl or cyclic N) is 1. The van der Waals surface area contributed by atoms with E-state index in [4.69, 9.17) is 0 Å². The largest absolute Gasteiger partial charge is 0.389 e. The third-order valence-electron chi connectivity index (χ3n) is 5.18. The normalized spacial score (nSPS) is 25.6. The zero-order chi connectivity index (χ0) is 14.8. The molecule has 3 rings (SSSR count). The van der Waals surface area contributed by atoms with Gasteiger partial charge in [-0.1, -0.05) is 25.3 Å². The van der Waals surface area contributed by atoms with Crippen molar-refractivity contribution >= 4 is 0 Å². The number of hydrogen-bond acceptors (Lipinski definition) is 4. The minimum Gasteiger partial charge on any atom is -0.389 e. The Kier molecular flexibility index (Phi) is 4.29. The fourth-order valence-corrected chi connectivity index (χ4v) is 3.79. The molecule has 4 nitrogen and oxygen atoms in total. The van der Waals surface area contributed by atoms with Gasteiger partial charge in [-0.3, -0.25) is 4.98 Å². The first kappa shape index (κ1) is 14.9. The first-order chi connectivity index (χ1) is 10.1. The first-order valence-corrected chi connectivity index (χ1v) is 8.17. The predicted octanol–water partition coefficient (Wildman–Crippen LogP) is 2.06. The maximum atomic E-state index is 10.8. The number of nitrogens with zero attached hydrogens (tertiary/aromatic N) is 2. The fraction of sp³-hybridized carbons (Fsp3) is 0.706. The Bertz CT molecular complexity index is 449. The van der Waals surface area contributed by atoms with Crippen LogP contribution in [0.5, 0.6) is 0 Å². The number of piperidine rings is 1. The molecule has 4 heteroatoms. The molecule has 1 aromatic heterocycles. The summed E-state index contributed by atoms with van der Waals surface area (Å²) in [6.45, 7) is 2.44. The number of rotatable bonds is 3. The van der Waals surface area contributed by atoms with Crippen molar-refractivity contribution in [3.63, 3.8) is 0 Å². The summed E-state index contributed by atoms with van der Waals surface area (Å²) in [6.07, 6.45) is 10.3. The number of likely N-dealkylation sites (tertiary alicyclic amines) is 1. The van der Waals surface area contributed by atoms with E-state index in [9.17, 15) is 10.2 Å². The van der Waals surface area contributed by atoms with Crippen LogP contribution in [-0.4, -0.2) is 45.3 Å². The van der Waals surface area contributed by atoms with E-state index in [-0.39, 0.29) is 0 Å². The quantitative estimate of drug-likeness (QED) is 0.894. The van der Waals surface area contributed by atoms with Crippen molar-refractivity contribution < 1.29 is 10.2 Å². The van der Waals surface area contributed by atoms with Gasteiger partial charge < -0.3 is 15.1 Å². The van der Waals surface area contributed by atoms with Crippen molar-refractivity contribution in [1.82, 2.24) is 9.88 Å². The van der Waals surface area contributed by atoms with Gasteiger partial charge in [0, 0.05) is 37.6 Å². The molecule has 21 heavy (non-hydrogen) atoms. The minimum absolute atomic E-state index is 0.498. The van der Waals surface area contributed by atoms with Crippen LogP contribution in [-0.2, 0) is 5.60 Å². The van der Waals surface area contributed by atoms with E-state index in [0.717, 1.165) is 63.7 Å². The average molecular weight is 290 g/mol. The summed E-state index contributed by atoms with van der Waals surface area (Å²) in [5, 5.41) is 21.5. The Morgan fingerprint density at radius 3 is 2.38 bits per heavy atom. The van der Waals surface area contributed by atoms with Gasteiger partial charge in [-0.25, -0.2) is 0 Å². The summed E-state index contributed by atoms with van der Waals surface area (Å²) in [5.41, 5.74) is -0.330. The van der Waals surface area contributed by atoms with Crippen molar-refractivity contribution in [2.24, 2.45) is 0 Å². The Balaban J connectivity index is 1.58. The van der Waals surface area contributed by atoms with Gasteiger partial charge in [0.15, 0.2) is 0 Å². The second-order valence-electron chi connectivity index (χ2n) is 6.83. The smallest absolute Gasteiger partial charge is 0.0935 e. The molecule has 1 aromatic rings. The Morgan fingerprint density at radius 1 is 1.05 bits per heavy atom. The molecular formula is C17H26N2O2. The van der Waals surface area contributed by atoms with E-state index in [1.54, 1.807) is 12.4 Å². The third kappa shape index (κ3) is 3.44. The lowest BCUT2D eigenvalue weighted by Gasteiger charge is -2.42. The monoisotopic (exact) mass is 290 g/mol. The van der Waals surface area contributed by atoms with Gasteiger partial charge in [0.05, 0.1) is 11.2 Å². The maximum Gasteiger partial charge on any atom is 0.0935 e. The highest BCUT2D eigenvalue weighted by Crippen LogP contribution is 2.34. The topological polar surface area (TPSA) is 56.6 Å². The molecule has 0 atom stereocenters. The van der Waals surface area contributed by atoms with Crippen LogP contribution >= 0.6 is 0 Å². The molecule has 0 aromatic carbocycles. The van der Waals surface area contributed by atoms with Gasteiger partial charge in [-0.05, 0) is 31.7 Å². The van der Waals surface area contributed by atoms with Crippen molar-refractivity contribution in [1.29, 1.82) is 0 Å². The fourth-order valence-electron chi connectivity index (χ4n) is 3.79. The number of aromatic nitrogens is 1. The lowest BCUT2D eigenvalue weighted by Crippen LogP contribution is -2.50. The summed E-state index contributed by atoms with van der Waals surface area (Å²) in [6, 6.07) is 3.84. The third-order valence-corrected chi connectivity index (χ3v) is 5.18. The van der Waals surface area contributed by atoms with E-state index in [1.165, 1.54) is 6.42 Å². The number of aliphatic hydroxyl groups is 2. The molecule has 0 radical (unpaired) electrons. The van der Waals surface area contributed by atoms with Crippen LogP contribution in [0.3, 0.4) is 0 Å². The van der Waals surface area contributed by atoms with Gasteiger partial charge in [-0.2, -0.15) is 0 Å². The molecule has 2 fully saturated rings. The molecule has 116 valence electrons. The predicted molar refractivity (Wildman–Crippen MR) is 81.8 cm³/mol. The highest BCUT2D eigenvalue weighted by molar-refractivity contribution is 5.19. The lowest BCUT2D eigenvalue weighted by molar-refractivity contribution is -0.0657. The summed E-state index contributed by atoms with van der Waals surface area (Å²) in [5.74, 6) is 0. The van der Waals surface area contributed by atoms with Crippen LogP contribution in [0.1, 0.15) is 50.5 Å². The van der Waals surface area contributed by atoms with Crippen LogP contribution in [0.25, 0.3) is 0 Å². The van der Waals surface area contributed by atoms with Gasteiger partial charge in [0.1, 0.15) is 0 Å². The molecule has 1 saturated heterocycles. The first-order valence-electron chi connectivity index (χ1n) is 8.17. The van der Waals surface area contributed by atoms with E-state index < -0.39 is 11.2 Å². The van der Waals surface area contributed by atoms with Crippen molar-refractivity contribution in [3.05, 3.63) is 30.1 Å². The summed E-state index contributed by atoms with van der Waals surface area (Å²) < 4.78 is 0. The molecule has 1 aliphatic heterocycles. The molecule has 0 amide bonds. The van der Waals surface area contributed by atoms with Crippen LogP contribution in [0.2, 0.25) is 0 Å². The van der Waals surface area contributed by atoms with Gasteiger partial charge >= 0.3 is 0 Å². The highest BCUT2D eigenvalue weighted by Gasteiger charge is 2.37. The maximum absolute atomic E-state index is 10.8. The van der Waals surface area contributed by atoms with Crippen LogP contribution < -0.4 is 0 Å². The molecule has 2 heterocycles. The molecule has 2 aliphatic rings. The van der Waals surface area contributed by atoms with E-state index >= 15 is 0 Å².